The molecular formula is C29H23N7O3. The van der Waals surface area contributed by atoms with E-state index in [0.717, 1.165) is 28.1 Å². The van der Waals surface area contributed by atoms with Crippen molar-refractivity contribution in [3.05, 3.63) is 101 Å². The number of carbonyl (C=O) groups excluding carboxylic acids is 1. The van der Waals surface area contributed by atoms with Gasteiger partial charge in [0, 0.05) is 23.5 Å². The van der Waals surface area contributed by atoms with Crippen molar-refractivity contribution < 1.29 is 14.3 Å². The second-order valence-electron chi connectivity index (χ2n) is 8.66. The molecule has 0 aliphatic heterocycles. The number of nitriles is 1. The van der Waals surface area contributed by atoms with E-state index in [4.69, 9.17) is 14.7 Å². The van der Waals surface area contributed by atoms with Crippen molar-refractivity contribution in [3.63, 3.8) is 0 Å². The lowest BCUT2D eigenvalue weighted by Gasteiger charge is -2.13. The van der Waals surface area contributed by atoms with E-state index in [1.54, 1.807) is 65.5 Å². The van der Waals surface area contributed by atoms with E-state index in [2.05, 4.69) is 31.7 Å². The number of nitrogens with one attached hydrogen (secondary N) is 1. The molecule has 0 radical (unpaired) electrons. The fraction of sp³-hybridized carbons (Fsp3) is 0.103. The quantitative estimate of drug-likeness (QED) is 0.277. The van der Waals surface area contributed by atoms with Gasteiger partial charge in [-0.25, -0.2) is 14.5 Å². The normalized spacial score (nSPS) is 10.5. The maximum Gasteiger partial charge on any atom is 0.337 e. The Bertz CT molecular complexity index is 1660. The third-order valence-electron chi connectivity index (χ3n) is 5.91. The fourth-order valence-electron chi connectivity index (χ4n) is 3.97. The first-order valence-electron chi connectivity index (χ1n) is 11.9. The number of hydrogen-bond donors (Lipinski definition) is 1. The molecule has 3 aromatic carbocycles. The predicted molar refractivity (Wildman–Crippen MR) is 144 cm³/mol. The van der Waals surface area contributed by atoms with Crippen LogP contribution in [-0.4, -0.2) is 38.0 Å². The molecule has 0 spiro atoms. The lowest BCUT2D eigenvalue weighted by atomic mass is 10.0. The van der Waals surface area contributed by atoms with Gasteiger partial charge in [0.2, 0.25) is 11.8 Å². The van der Waals surface area contributed by atoms with Gasteiger partial charge >= 0.3 is 5.97 Å². The zero-order valence-corrected chi connectivity index (χ0v) is 21.4. The number of hydrogen-bond acceptors (Lipinski definition) is 9. The molecule has 0 saturated carbocycles. The molecule has 10 nitrogen and oxygen atoms in total. The monoisotopic (exact) mass is 517 g/mol. The molecule has 1 N–H and O–H groups in total. The van der Waals surface area contributed by atoms with Crippen LogP contribution in [-0.2, 0) is 4.74 Å². The highest BCUT2D eigenvalue weighted by Gasteiger charge is 2.14. The van der Waals surface area contributed by atoms with E-state index in [-0.39, 0.29) is 0 Å². The molecule has 0 bridgehead atoms. The average Bonchev–Trinajstić information content (AvgIpc) is 3.46. The molecule has 39 heavy (non-hydrogen) atoms. The molecule has 10 heteroatoms. The second-order valence-corrected chi connectivity index (χ2v) is 8.66. The highest BCUT2D eigenvalue weighted by molar-refractivity contribution is 5.89. The molecule has 0 unspecified atom stereocenters. The summed E-state index contributed by atoms with van der Waals surface area (Å²) in [5.74, 6) is 1.06. The zero-order valence-electron chi connectivity index (χ0n) is 21.4. The Labute approximate surface area is 224 Å². The van der Waals surface area contributed by atoms with Gasteiger partial charge in [-0.1, -0.05) is 5.21 Å². The largest absolute Gasteiger partial charge is 0.465 e. The number of rotatable bonds is 7. The van der Waals surface area contributed by atoms with Crippen molar-refractivity contribution in [2.24, 2.45) is 0 Å². The van der Waals surface area contributed by atoms with Gasteiger partial charge in [0.1, 0.15) is 11.4 Å². The molecule has 5 aromatic rings. The van der Waals surface area contributed by atoms with Crippen LogP contribution in [0.5, 0.6) is 11.6 Å². The Morgan fingerprint density at radius 3 is 2.38 bits per heavy atom. The fourth-order valence-corrected chi connectivity index (χ4v) is 3.97. The highest BCUT2D eigenvalue weighted by atomic mass is 16.5. The number of ether oxygens (including phenoxy) is 2. The SMILES string of the molecule is COC(=O)c1ccc(-n2cc(-c3cc(C)c(Oc4ccnc(Nc5ccc(C#N)cc5)n4)c(C)c3)nn2)cc1. The van der Waals surface area contributed by atoms with Crippen molar-refractivity contribution in [2.45, 2.75) is 13.8 Å². The van der Waals surface area contributed by atoms with Crippen molar-refractivity contribution in [1.82, 2.24) is 25.0 Å². The van der Waals surface area contributed by atoms with Crippen LogP contribution in [0.3, 0.4) is 0 Å². The third kappa shape index (κ3) is 5.57. The van der Waals surface area contributed by atoms with E-state index in [1.165, 1.54) is 7.11 Å². The van der Waals surface area contributed by atoms with Crippen LogP contribution in [0.15, 0.2) is 79.1 Å². The van der Waals surface area contributed by atoms with E-state index in [1.807, 2.05) is 32.2 Å². The molecule has 2 heterocycles. The molecule has 5 rings (SSSR count). The molecule has 0 aliphatic rings. The molecule has 0 atom stereocenters. The molecule has 0 fully saturated rings. The molecule has 2 aromatic heterocycles. The van der Waals surface area contributed by atoms with E-state index in [9.17, 15) is 4.79 Å². The highest BCUT2D eigenvalue weighted by Crippen LogP contribution is 2.32. The lowest BCUT2D eigenvalue weighted by molar-refractivity contribution is 0.0600. The average molecular weight is 518 g/mol. The smallest absolute Gasteiger partial charge is 0.337 e. The van der Waals surface area contributed by atoms with Crippen LogP contribution in [0.25, 0.3) is 16.9 Å². The van der Waals surface area contributed by atoms with Crippen LogP contribution in [0.4, 0.5) is 11.6 Å². The van der Waals surface area contributed by atoms with E-state index < -0.39 is 5.97 Å². The summed E-state index contributed by atoms with van der Waals surface area (Å²) < 4.78 is 12.5. The van der Waals surface area contributed by atoms with Crippen molar-refractivity contribution >= 4 is 17.6 Å². The van der Waals surface area contributed by atoms with Crippen LogP contribution in [0, 0.1) is 25.2 Å². The third-order valence-corrected chi connectivity index (χ3v) is 5.91. The van der Waals surface area contributed by atoms with Gasteiger partial charge in [0.25, 0.3) is 0 Å². The van der Waals surface area contributed by atoms with Crippen molar-refractivity contribution in [1.29, 1.82) is 5.26 Å². The van der Waals surface area contributed by atoms with Gasteiger partial charge < -0.3 is 14.8 Å². The first kappa shape index (κ1) is 25.1. The summed E-state index contributed by atoms with van der Waals surface area (Å²) in [5.41, 5.74) is 5.96. The molecular weight excluding hydrogens is 494 g/mol. The summed E-state index contributed by atoms with van der Waals surface area (Å²) in [6.07, 6.45) is 3.44. The maximum atomic E-state index is 11.7. The number of aryl methyl sites for hydroxylation is 2. The number of anilines is 2. The van der Waals surface area contributed by atoms with E-state index in [0.29, 0.717) is 34.4 Å². The number of esters is 1. The summed E-state index contributed by atoms with van der Waals surface area (Å²) in [7, 11) is 1.35. The first-order chi connectivity index (χ1) is 18.9. The Morgan fingerprint density at radius 1 is 1.00 bits per heavy atom. The minimum Gasteiger partial charge on any atom is -0.465 e. The van der Waals surface area contributed by atoms with E-state index >= 15 is 0 Å². The number of carbonyl (C=O) groups is 1. The summed E-state index contributed by atoms with van der Waals surface area (Å²) in [6.45, 7) is 3.91. The standard InChI is InChI=1S/C29H23N7O3/c1-18-14-22(25-17-36(35-34-25)24-10-6-21(7-11-24)28(37)38-3)15-19(2)27(18)39-26-12-13-31-29(33-26)32-23-8-4-20(16-30)5-9-23/h4-15,17H,1-3H3,(H,31,32,33). The Hall–Kier alpha value is -5.56. The van der Waals surface area contributed by atoms with Crippen molar-refractivity contribution in [3.8, 4) is 34.6 Å². The molecule has 0 saturated heterocycles. The number of methoxy groups -OCH3 is 1. The van der Waals surface area contributed by atoms with Crippen LogP contribution in [0.2, 0.25) is 0 Å². The van der Waals surface area contributed by atoms with Crippen LogP contribution < -0.4 is 10.1 Å². The number of nitrogens with zero attached hydrogens (tertiary/aromatic N) is 6. The molecule has 192 valence electrons. The Balaban J connectivity index is 1.33. The maximum absolute atomic E-state index is 11.7. The minimum atomic E-state index is -0.394. The summed E-state index contributed by atoms with van der Waals surface area (Å²) >= 11 is 0. The van der Waals surface area contributed by atoms with Crippen LogP contribution >= 0.6 is 0 Å². The predicted octanol–water partition coefficient (Wildman–Crippen LogP) is 5.54. The first-order valence-corrected chi connectivity index (χ1v) is 11.9. The topological polar surface area (TPSA) is 128 Å². The minimum absolute atomic E-state index is 0.375. The lowest BCUT2D eigenvalue weighted by Crippen LogP contribution is -2.02. The zero-order chi connectivity index (χ0) is 27.4. The van der Waals surface area contributed by atoms with Gasteiger partial charge in [-0.05, 0) is 85.6 Å². The van der Waals surface area contributed by atoms with Gasteiger partial charge in [-0.15, -0.1) is 5.10 Å². The second kappa shape index (κ2) is 10.8. The van der Waals surface area contributed by atoms with Crippen LogP contribution in [0.1, 0.15) is 27.0 Å². The van der Waals surface area contributed by atoms with Gasteiger partial charge in [0.15, 0.2) is 0 Å². The summed E-state index contributed by atoms with van der Waals surface area (Å²) in [6, 6.07) is 21.7. The Morgan fingerprint density at radius 2 is 1.72 bits per heavy atom. The van der Waals surface area contributed by atoms with Crippen molar-refractivity contribution in [2.75, 3.05) is 12.4 Å². The van der Waals surface area contributed by atoms with Gasteiger partial charge in [-0.3, -0.25) is 0 Å². The number of benzene rings is 3. The summed E-state index contributed by atoms with van der Waals surface area (Å²) in [5, 5.41) is 20.7. The Kier molecular flexibility index (Phi) is 6.96. The van der Waals surface area contributed by atoms with Gasteiger partial charge in [-0.2, -0.15) is 10.2 Å². The molecule has 0 amide bonds. The van der Waals surface area contributed by atoms with Gasteiger partial charge in [0.05, 0.1) is 36.2 Å². The molecule has 0 aliphatic carbocycles. The summed E-state index contributed by atoms with van der Waals surface area (Å²) in [4.78, 5) is 20.4. The number of aromatic nitrogens is 5.